The Morgan fingerprint density at radius 2 is 1.73 bits per heavy atom. The second kappa shape index (κ2) is 10.5. The summed E-state index contributed by atoms with van der Waals surface area (Å²) in [6, 6.07) is 9.36. The van der Waals surface area contributed by atoms with Crippen molar-refractivity contribution in [3.8, 4) is 0 Å². The molecule has 0 saturated heterocycles. The molecule has 2 N–H and O–H groups in total. The molecule has 0 radical (unpaired) electrons. The Morgan fingerprint density at radius 3 is 2.30 bits per heavy atom. The SMILES string of the molecule is CC(C)C(=O)Nc1ccc(C(=O)C(C)OC(=O)CCNS(=O)(=O)c2cccs2)cc1. The van der Waals surface area contributed by atoms with Crippen LogP contribution in [0.3, 0.4) is 0 Å². The standard InChI is InChI=1S/C20H24N2O6S2/c1-13(2)20(25)22-16-8-6-15(7-9-16)19(24)14(3)28-17(23)10-11-21-30(26,27)18-5-4-12-29-18/h4-9,12-14,21H,10-11H2,1-3H3,(H,22,25). The van der Waals surface area contributed by atoms with Crippen LogP contribution in [-0.4, -0.2) is 38.7 Å². The van der Waals surface area contributed by atoms with E-state index in [9.17, 15) is 22.8 Å². The summed E-state index contributed by atoms with van der Waals surface area (Å²) in [4.78, 5) is 36.1. The molecular weight excluding hydrogens is 428 g/mol. The van der Waals surface area contributed by atoms with E-state index in [0.29, 0.717) is 11.3 Å². The zero-order valence-electron chi connectivity index (χ0n) is 16.9. The Bertz CT molecular complexity index is 983. The lowest BCUT2D eigenvalue weighted by molar-refractivity contribution is -0.146. The Labute approximate surface area is 179 Å². The molecule has 0 spiro atoms. The molecule has 2 aromatic rings. The van der Waals surface area contributed by atoms with Gasteiger partial charge >= 0.3 is 5.97 Å². The van der Waals surface area contributed by atoms with Gasteiger partial charge in [0.2, 0.25) is 21.7 Å². The maximum absolute atomic E-state index is 12.4. The second-order valence-corrected chi connectivity index (χ2v) is 9.74. The molecule has 10 heteroatoms. The van der Waals surface area contributed by atoms with Gasteiger partial charge in [-0.05, 0) is 42.6 Å². The van der Waals surface area contributed by atoms with Gasteiger partial charge in [0.15, 0.2) is 6.10 Å². The smallest absolute Gasteiger partial charge is 0.307 e. The largest absolute Gasteiger partial charge is 0.454 e. The molecule has 0 aliphatic rings. The van der Waals surface area contributed by atoms with E-state index in [2.05, 4.69) is 10.0 Å². The van der Waals surface area contributed by atoms with Gasteiger partial charge in [-0.1, -0.05) is 19.9 Å². The van der Waals surface area contributed by atoms with Crippen molar-refractivity contribution in [2.24, 2.45) is 5.92 Å². The van der Waals surface area contributed by atoms with Gasteiger partial charge < -0.3 is 10.1 Å². The average Bonchev–Trinajstić information content (AvgIpc) is 3.23. The number of hydrogen-bond acceptors (Lipinski definition) is 7. The van der Waals surface area contributed by atoms with Crippen molar-refractivity contribution in [3.63, 3.8) is 0 Å². The molecule has 1 unspecified atom stereocenters. The summed E-state index contributed by atoms with van der Waals surface area (Å²) in [5.74, 6) is -1.39. The lowest BCUT2D eigenvalue weighted by atomic mass is 10.1. The van der Waals surface area contributed by atoms with Crippen LogP contribution in [0.25, 0.3) is 0 Å². The first-order valence-corrected chi connectivity index (χ1v) is 11.6. The van der Waals surface area contributed by atoms with Crippen LogP contribution in [0.15, 0.2) is 46.0 Å². The highest BCUT2D eigenvalue weighted by atomic mass is 32.2. The van der Waals surface area contributed by atoms with E-state index < -0.39 is 27.9 Å². The zero-order chi connectivity index (χ0) is 22.3. The third kappa shape index (κ3) is 6.75. The number of sulfonamides is 1. The number of thiophene rings is 1. The van der Waals surface area contributed by atoms with Gasteiger partial charge in [0.05, 0.1) is 6.42 Å². The number of carbonyl (C=O) groups is 3. The minimum atomic E-state index is -3.65. The molecule has 1 atom stereocenters. The summed E-state index contributed by atoms with van der Waals surface area (Å²) < 4.78 is 31.6. The Hall–Kier alpha value is -2.56. The minimum Gasteiger partial charge on any atom is -0.454 e. The number of nitrogens with one attached hydrogen (secondary N) is 2. The van der Waals surface area contributed by atoms with Crippen LogP contribution in [0.4, 0.5) is 5.69 Å². The predicted octanol–water partition coefficient (Wildman–Crippen LogP) is 2.83. The van der Waals surface area contributed by atoms with E-state index in [1.807, 2.05) is 0 Å². The van der Waals surface area contributed by atoms with Crippen molar-refractivity contribution in [2.45, 2.75) is 37.5 Å². The third-order valence-electron chi connectivity index (χ3n) is 4.02. The topological polar surface area (TPSA) is 119 Å². The highest BCUT2D eigenvalue weighted by Gasteiger charge is 2.21. The van der Waals surface area contributed by atoms with Crippen molar-refractivity contribution < 1.29 is 27.5 Å². The van der Waals surface area contributed by atoms with Gasteiger partial charge in [0, 0.05) is 23.7 Å². The summed E-state index contributed by atoms with van der Waals surface area (Å²) in [7, 11) is -3.65. The lowest BCUT2D eigenvalue weighted by Crippen LogP contribution is -2.29. The molecule has 1 heterocycles. The van der Waals surface area contributed by atoms with Gasteiger partial charge in [0.1, 0.15) is 4.21 Å². The maximum atomic E-state index is 12.4. The van der Waals surface area contributed by atoms with Crippen LogP contribution in [0, 0.1) is 5.92 Å². The fraction of sp³-hybridized carbons (Fsp3) is 0.350. The second-order valence-electron chi connectivity index (χ2n) is 6.80. The van der Waals surface area contributed by atoms with E-state index in [1.165, 1.54) is 25.1 Å². The van der Waals surface area contributed by atoms with Gasteiger partial charge in [-0.15, -0.1) is 11.3 Å². The molecule has 0 aliphatic carbocycles. The molecule has 8 nitrogen and oxygen atoms in total. The van der Waals surface area contributed by atoms with Crippen LogP contribution in [0.5, 0.6) is 0 Å². The van der Waals surface area contributed by atoms with E-state index in [0.717, 1.165) is 11.3 Å². The number of carbonyl (C=O) groups excluding carboxylic acids is 3. The summed E-state index contributed by atoms with van der Waals surface area (Å²) >= 11 is 1.07. The zero-order valence-corrected chi connectivity index (χ0v) is 18.5. The highest BCUT2D eigenvalue weighted by Crippen LogP contribution is 2.16. The van der Waals surface area contributed by atoms with Crippen molar-refractivity contribution in [1.82, 2.24) is 4.72 Å². The van der Waals surface area contributed by atoms with Gasteiger partial charge in [-0.3, -0.25) is 14.4 Å². The molecule has 1 aromatic heterocycles. The molecule has 0 saturated carbocycles. The fourth-order valence-electron chi connectivity index (χ4n) is 2.32. The molecule has 1 amide bonds. The summed E-state index contributed by atoms with van der Waals surface area (Å²) in [5.41, 5.74) is 0.893. The number of esters is 1. The average molecular weight is 453 g/mol. The van der Waals surface area contributed by atoms with Crippen molar-refractivity contribution in [1.29, 1.82) is 0 Å². The third-order valence-corrected chi connectivity index (χ3v) is 6.88. The van der Waals surface area contributed by atoms with Gasteiger partial charge in [-0.2, -0.15) is 0 Å². The van der Waals surface area contributed by atoms with Crippen LogP contribution < -0.4 is 10.0 Å². The monoisotopic (exact) mass is 452 g/mol. The van der Waals surface area contributed by atoms with Crippen molar-refractivity contribution in [3.05, 3.63) is 47.3 Å². The number of hydrogen-bond donors (Lipinski definition) is 2. The quantitative estimate of drug-likeness (QED) is 0.423. The maximum Gasteiger partial charge on any atom is 0.307 e. The van der Waals surface area contributed by atoms with Crippen LogP contribution >= 0.6 is 11.3 Å². The van der Waals surface area contributed by atoms with Gasteiger partial charge in [-0.25, -0.2) is 13.1 Å². The fourth-order valence-corrected chi connectivity index (χ4v) is 4.39. The number of amides is 1. The Kier molecular flexibility index (Phi) is 8.27. The number of anilines is 1. The molecular formula is C20H24N2O6S2. The number of ether oxygens (including phenoxy) is 1. The Morgan fingerprint density at radius 1 is 1.07 bits per heavy atom. The van der Waals surface area contributed by atoms with Crippen molar-refractivity contribution in [2.75, 3.05) is 11.9 Å². The number of benzene rings is 1. The van der Waals surface area contributed by atoms with Crippen LogP contribution in [0.1, 0.15) is 37.6 Å². The first kappa shape index (κ1) is 23.7. The Balaban J connectivity index is 1.83. The predicted molar refractivity (Wildman–Crippen MR) is 114 cm³/mol. The summed E-state index contributed by atoms with van der Waals surface area (Å²) in [6.07, 6.45) is -1.23. The van der Waals surface area contributed by atoms with Crippen LogP contribution in [-0.2, 0) is 24.3 Å². The first-order valence-electron chi connectivity index (χ1n) is 9.28. The normalized spacial score (nSPS) is 12.4. The van der Waals surface area contributed by atoms with Gasteiger partial charge in [0.25, 0.3) is 0 Å². The number of Topliss-reactive ketones (excluding diaryl/α,β-unsaturated/α-hetero) is 1. The molecule has 1 aromatic carbocycles. The minimum absolute atomic E-state index is 0.133. The molecule has 0 bridgehead atoms. The molecule has 0 fully saturated rings. The molecule has 162 valence electrons. The highest BCUT2D eigenvalue weighted by molar-refractivity contribution is 7.91. The van der Waals surface area contributed by atoms with E-state index in [-0.39, 0.29) is 29.0 Å². The number of ketones is 1. The number of rotatable bonds is 10. The molecule has 30 heavy (non-hydrogen) atoms. The van der Waals surface area contributed by atoms with E-state index in [1.54, 1.807) is 37.4 Å². The molecule has 2 rings (SSSR count). The van der Waals surface area contributed by atoms with Crippen molar-refractivity contribution >= 4 is 44.7 Å². The van der Waals surface area contributed by atoms with E-state index in [4.69, 9.17) is 4.74 Å². The summed E-state index contributed by atoms with van der Waals surface area (Å²) in [5, 5.41) is 4.36. The molecule has 0 aliphatic heterocycles. The summed E-state index contributed by atoms with van der Waals surface area (Å²) in [6.45, 7) is 4.86. The first-order chi connectivity index (χ1) is 14.1. The van der Waals surface area contributed by atoms with E-state index >= 15 is 0 Å². The lowest BCUT2D eigenvalue weighted by Gasteiger charge is -2.13. The van der Waals surface area contributed by atoms with Crippen LogP contribution in [0.2, 0.25) is 0 Å².